The molecule has 134 valence electrons. The van der Waals surface area contributed by atoms with E-state index in [9.17, 15) is 39.6 Å². The van der Waals surface area contributed by atoms with E-state index in [2.05, 4.69) is 0 Å². The lowest BCUT2D eigenvalue weighted by Gasteiger charge is -2.67. The van der Waals surface area contributed by atoms with Crippen LogP contribution in [0.2, 0.25) is 0 Å². The van der Waals surface area contributed by atoms with Crippen LogP contribution in [-0.2, 0) is 19.2 Å². The van der Waals surface area contributed by atoms with Crippen molar-refractivity contribution < 1.29 is 39.6 Å². The standard InChI is InChI=1S/C16H22O8/c1-3-15(13(21)22)9-5-7(11(17)18)8(12(19)20)6-10(9)16(15,4-2)14(23)24/h7-10H,3-6H2,1-2H3,(H,17,18)(H,19,20)(H,21,22)(H,23,24). The lowest BCUT2D eigenvalue weighted by molar-refractivity contribution is -0.254. The van der Waals surface area contributed by atoms with Gasteiger partial charge in [0.05, 0.1) is 22.7 Å². The van der Waals surface area contributed by atoms with Gasteiger partial charge in [0, 0.05) is 0 Å². The number of hydrogen-bond donors (Lipinski definition) is 4. The normalized spacial score (nSPS) is 40.9. The van der Waals surface area contributed by atoms with E-state index < -0.39 is 58.4 Å². The zero-order valence-corrected chi connectivity index (χ0v) is 13.6. The van der Waals surface area contributed by atoms with Gasteiger partial charge in [-0.1, -0.05) is 13.8 Å². The van der Waals surface area contributed by atoms with Crippen LogP contribution in [0.15, 0.2) is 0 Å². The van der Waals surface area contributed by atoms with Crippen LogP contribution in [0.5, 0.6) is 0 Å². The van der Waals surface area contributed by atoms with Gasteiger partial charge in [-0.2, -0.15) is 0 Å². The van der Waals surface area contributed by atoms with Crippen LogP contribution in [-0.4, -0.2) is 44.3 Å². The minimum absolute atomic E-state index is 0.0632. The molecule has 6 atom stereocenters. The van der Waals surface area contributed by atoms with Crippen molar-refractivity contribution in [2.24, 2.45) is 34.5 Å². The van der Waals surface area contributed by atoms with Gasteiger partial charge in [0.2, 0.25) is 0 Å². The first kappa shape index (κ1) is 18.2. The fourth-order valence-electron chi connectivity index (χ4n) is 5.56. The number of carboxylic acids is 4. The highest BCUT2D eigenvalue weighted by Gasteiger charge is 2.78. The van der Waals surface area contributed by atoms with Crippen molar-refractivity contribution in [1.82, 2.24) is 0 Å². The van der Waals surface area contributed by atoms with Crippen LogP contribution in [0.25, 0.3) is 0 Å². The van der Waals surface area contributed by atoms with Gasteiger partial charge in [-0.25, -0.2) is 0 Å². The first-order valence-corrected chi connectivity index (χ1v) is 8.04. The maximum Gasteiger partial charge on any atom is 0.311 e. The molecule has 2 aliphatic carbocycles. The van der Waals surface area contributed by atoms with E-state index in [0.29, 0.717) is 0 Å². The number of carboxylic acid groups (broad SMARTS) is 4. The van der Waals surface area contributed by atoms with Crippen molar-refractivity contribution in [3.63, 3.8) is 0 Å². The molecule has 2 saturated carbocycles. The van der Waals surface area contributed by atoms with Gasteiger partial charge >= 0.3 is 23.9 Å². The lowest BCUT2D eigenvalue weighted by Crippen LogP contribution is -2.73. The Morgan fingerprint density at radius 1 is 0.750 bits per heavy atom. The molecule has 0 spiro atoms. The Hall–Kier alpha value is -2.12. The van der Waals surface area contributed by atoms with Crippen LogP contribution >= 0.6 is 0 Å². The summed E-state index contributed by atoms with van der Waals surface area (Å²) in [6.45, 7) is 3.19. The average Bonchev–Trinajstić information content (AvgIpc) is 2.47. The van der Waals surface area contributed by atoms with E-state index in [1.54, 1.807) is 13.8 Å². The van der Waals surface area contributed by atoms with Crippen molar-refractivity contribution >= 4 is 23.9 Å². The fraction of sp³-hybridized carbons (Fsp3) is 0.750. The molecule has 24 heavy (non-hydrogen) atoms. The SMILES string of the molecule is CCC1(C(=O)O)C2CC(C(=O)O)C(C(=O)O)CC2C1(CC)C(=O)O. The van der Waals surface area contributed by atoms with Crippen molar-refractivity contribution in [2.75, 3.05) is 0 Å². The van der Waals surface area contributed by atoms with Gasteiger partial charge in [-0.15, -0.1) is 0 Å². The summed E-state index contributed by atoms with van der Waals surface area (Å²) in [6.07, 6.45) is -0.111. The molecule has 8 nitrogen and oxygen atoms in total. The largest absolute Gasteiger partial charge is 0.481 e. The lowest BCUT2D eigenvalue weighted by atomic mass is 9.32. The van der Waals surface area contributed by atoms with Gasteiger partial charge in [-0.05, 0) is 37.5 Å². The molecule has 2 aliphatic rings. The van der Waals surface area contributed by atoms with Crippen LogP contribution < -0.4 is 0 Å². The van der Waals surface area contributed by atoms with E-state index in [0.717, 1.165) is 0 Å². The van der Waals surface area contributed by atoms with Crippen LogP contribution in [0.1, 0.15) is 39.5 Å². The summed E-state index contributed by atoms with van der Waals surface area (Å²) in [5.41, 5.74) is -3.12. The van der Waals surface area contributed by atoms with Crippen molar-refractivity contribution in [3.8, 4) is 0 Å². The molecule has 0 radical (unpaired) electrons. The van der Waals surface area contributed by atoms with E-state index in [-0.39, 0.29) is 25.7 Å². The maximum absolute atomic E-state index is 12.0. The summed E-state index contributed by atoms with van der Waals surface area (Å²) in [6, 6.07) is 0. The van der Waals surface area contributed by atoms with E-state index in [1.165, 1.54) is 0 Å². The molecule has 2 rings (SSSR count). The zero-order chi connectivity index (χ0) is 18.4. The first-order chi connectivity index (χ1) is 11.1. The van der Waals surface area contributed by atoms with Crippen molar-refractivity contribution in [1.29, 1.82) is 0 Å². The number of carbonyl (C=O) groups is 4. The molecule has 4 N–H and O–H groups in total. The smallest absolute Gasteiger partial charge is 0.311 e. The average molecular weight is 342 g/mol. The highest BCUT2D eigenvalue weighted by molar-refractivity contribution is 5.91. The van der Waals surface area contributed by atoms with Gasteiger partial charge in [0.15, 0.2) is 0 Å². The number of fused-ring (bicyclic) bond motifs is 1. The summed E-state index contributed by atoms with van der Waals surface area (Å²) >= 11 is 0. The van der Waals surface area contributed by atoms with Crippen LogP contribution in [0, 0.1) is 34.5 Å². The van der Waals surface area contributed by atoms with Gasteiger partial charge in [-0.3, -0.25) is 19.2 Å². The third-order valence-corrected chi connectivity index (χ3v) is 6.56. The Morgan fingerprint density at radius 3 is 1.21 bits per heavy atom. The van der Waals surface area contributed by atoms with E-state index in [1.807, 2.05) is 0 Å². The molecule has 0 bridgehead atoms. The van der Waals surface area contributed by atoms with Crippen molar-refractivity contribution in [3.05, 3.63) is 0 Å². The molecule has 0 aromatic carbocycles. The minimum Gasteiger partial charge on any atom is -0.481 e. The van der Waals surface area contributed by atoms with Crippen LogP contribution in [0.3, 0.4) is 0 Å². The molecule has 6 unspecified atom stereocenters. The monoisotopic (exact) mass is 342 g/mol. The van der Waals surface area contributed by atoms with Crippen molar-refractivity contribution in [2.45, 2.75) is 39.5 Å². The quantitative estimate of drug-likeness (QED) is 0.565. The molecule has 0 aliphatic heterocycles. The second-order valence-electron chi connectivity index (χ2n) is 6.83. The molecule has 0 amide bonds. The maximum atomic E-state index is 12.0. The van der Waals surface area contributed by atoms with Gasteiger partial charge < -0.3 is 20.4 Å². The molecule has 0 saturated heterocycles. The highest BCUT2D eigenvalue weighted by atomic mass is 16.4. The van der Waals surface area contributed by atoms with Crippen LogP contribution in [0.4, 0.5) is 0 Å². The summed E-state index contributed by atoms with van der Waals surface area (Å²) in [7, 11) is 0. The Labute approximate surface area is 138 Å². The predicted molar refractivity (Wildman–Crippen MR) is 79.2 cm³/mol. The molecule has 0 aromatic heterocycles. The number of aliphatic carboxylic acids is 4. The molecule has 0 heterocycles. The molecule has 2 fully saturated rings. The van der Waals surface area contributed by atoms with Gasteiger partial charge in [0.25, 0.3) is 0 Å². The fourth-order valence-corrected chi connectivity index (χ4v) is 5.56. The topological polar surface area (TPSA) is 149 Å². The Kier molecular flexibility index (Phi) is 4.37. The van der Waals surface area contributed by atoms with Gasteiger partial charge in [0.1, 0.15) is 0 Å². The summed E-state index contributed by atoms with van der Waals surface area (Å²) < 4.78 is 0. The molecule has 8 heteroatoms. The first-order valence-electron chi connectivity index (χ1n) is 8.04. The predicted octanol–water partition coefficient (Wildman–Crippen LogP) is 1.39. The highest BCUT2D eigenvalue weighted by Crippen LogP contribution is 2.73. The second kappa shape index (κ2) is 5.75. The number of hydrogen-bond acceptors (Lipinski definition) is 4. The Balaban J connectivity index is 2.57. The third kappa shape index (κ3) is 1.91. The Morgan fingerprint density at radius 2 is 1.04 bits per heavy atom. The zero-order valence-electron chi connectivity index (χ0n) is 13.6. The number of rotatable bonds is 6. The Bertz CT molecular complexity index is 547. The third-order valence-electron chi connectivity index (χ3n) is 6.56. The second-order valence-corrected chi connectivity index (χ2v) is 6.83. The molecular weight excluding hydrogens is 320 g/mol. The molecular formula is C16H22O8. The minimum atomic E-state index is -1.56. The summed E-state index contributed by atoms with van der Waals surface area (Å²) in [5.74, 6) is -8.72. The van der Waals surface area contributed by atoms with E-state index >= 15 is 0 Å². The van der Waals surface area contributed by atoms with E-state index in [4.69, 9.17) is 0 Å². The summed E-state index contributed by atoms with van der Waals surface area (Å²) in [4.78, 5) is 47.0. The summed E-state index contributed by atoms with van der Waals surface area (Å²) in [5, 5.41) is 38.3. The molecule has 0 aromatic rings.